The molecular weight excluding hydrogens is 801 g/mol. The zero-order valence-electron chi connectivity index (χ0n) is 51.8. The lowest BCUT2D eigenvalue weighted by Gasteiger charge is -2.33. The smallest absolute Gasteiger partial charge is 0.00397 e. The molecule has 0 N–H and O–H groups in total. The standard InChI is InChI=1S/C19H38.C14H28.C12H24.C7H16S.6C2H6/c1-15(2)8-6-9-16(3)10-7-11-19-14-17(4)12-13-18(19)5;1-11(2)6-5-7-14-10-12(3)8-9-13(14)4;1-4-6-12-8-7-11(5-2)9-10(12)3;1-4-5-7(8)6(2)3;6*1-2/h15-19H,6-14H2,1-5H3;11-14H,5-10H2,1-4H3;10-12H,4-9H2,1-3H3;6-8H,4-5H2,1-3H3;6*1-2H3. The van der Waals surface area contributed by atoms with Crippen molar-refractivity contribution in [2.45, 2.75) is 340 Å². The first kappa shape index (κ1) is 79.5. The second kappa shape index (κ2) is 60.5. The van der Waals surface area contributed by atoms with Crippen molar-refractivity contribution in [1.29, 1.82) is 0 Å². The van der Waals surface area contributed by atoms with Gasteiger partial charge in [-0.1, -0.05) is 303 Å². The lowest BCUT2D eigenvalue weighted by atomic mass is 9.72. The molecule has 0 spiro atoms. The van der Waals surface area contributed by atoms with Gasteiger partial charge in [0.2, 0.25) is 0 Å². The van der Waals surface area contributed by atoms with Crippen molar-refractivity contribution in [3.8, 4) is 0 Å². The normalized spacial score (nSPS) is 25.1. The Morgan fingerprint density at radius 3 is 1.14 bits per heavy atom. The summed E-state index contributed by atoms with van der Waals surface area (Å²) >= 11 is 4.40. The van der Waals surface area contributed by atoms with E-state index in [0.717, 1.165) is 76.9 Å². The van der Waals surface area contributed by atoms with E-state index in [1.807, 2.05) is 83.1 Å². The van der Waals surface area contributed by atoms with E-state index in [-0.39, 0.29) is 0 Å². The van der Waals surface area contributed by atoms with E-state index < -0.39 is 0 Å². The molecule has 0 bridgehead atoms. The Kier molecular flexibility index (Phi) is 73.9. The van der Waals surface area contributed by atoms with Gasteiger partial charge in [-0.25, -0.2) is 0 Å². The highest BCUT2D eigenvalue weighted by Gasteiger charge is 2.27. The van der Waals surface area contributed by atoms with Gasteiger partial charge < -0.3 is 0 Å². The summed E-state index contributed by atoms with van der Waals surface area (Å²) in [6.07, 6.45) is 33.3. The molecule has 1 heteroatoms. The van der Waals surface area contributed by atoms with Crippen molar-refractivity contribution in [2.75, 3.05) is 0 Å². The van der Waals surface area contributed by atoms with E-state index in [1.165, 1.54) is 148 Å². The summed E-state index contributed by atoms with van der Waals surface area (Å²) in [4.78, 5) is 0. The van der Waals surface area contributed by atoms with Crippen LogP contribution in [-0.2, 0) is 0 Å². The molecule has 3 fully saturated rings. The van der Waals surface area contributed by atoms with Gasteiger partial charge in [0.1, 0.15) is 0 Å². The molecule has 0 saturated heterocycles. The zero-order valence-corrected chi connectivity index (χ0v) is 52.7. The van der Waals surface area contributed by atoms with Gasteiger partial charge in [0.15, 0.2) is 0 Å². The van der Waals surface area contributed by atoms with Crippen molar-refractivity contribution in [1.82, 2.24) is 0 Å². The summed E-state index contributed by atoms with van der Waals surface area (Å²) in [6.45, 7) is 59.4. The first-order valence-electron chi connectivity index (χ1n) is 30.7. The van der Waals surface area contributed by atoms with Crippen molar-refractivity contribution in [3.63, 3.8) is 0 Å². The van der Waals surface area contributed by atoms with Crippen LogP contribution in [0.4, 0.5) is 0 Å². The topological polar surface area (TPSA) is 0 Å². The molecular formula is C64H142S. The Hall–Kier alpha value is 0.350. The number of hydrogen-bond donors (Lipinski definition) is 1. The molecule has 0 heterocycles. The van der Waals surface area contributed by atoms with E-state index in [9.17, 15) is 0 Å². The number of hydrogen-bond acceptors (Lipinski definition) is 1. The fourth-order valence-corrected chi connectivity index (χ4v) is 10.3. The van der Waals surface area contributed by atoms with E-state index in [4.69, 9.17) is 0 Å². The minimum Gasteiger partial charge on any atom is -0.176 e. The molecule has 11 atom stereocenters. The summed E-state index contributed by atoms with van der Waals surface area (Å²) in [5.74, 6) is 12.6. The molecule has 3 aliphatic rings. The SMILES string of the molecule is CC.CC.CC.CC.CC.CC.CC(C)CCCC(C)CCCC1CC(C)CCC1C.CC(C)CCCC1CC(C)CCC1C.CCCC(S)C(C)C.CCCC1CCC(CC)CC1C. The lowest BCUT2D eigenvalue weighted by molar-refractivity contribution is 0.180. The molecule has 0 aliphatic heterocycles. The number of thiol groups is 1. The minimum absolute atomic E-state index is 0.611. The molecule has 404 valence electrons. The lowest BCUT2D eigenvalue weighted by Crippen LogP contribution is -2.22. The van der Waals surface area contributed by atoms with Crippen LogP contribution in [0, 0.1) is 76.9 Å². The van der Waals surface area contributed by atoms with Gasteiger partial charge in [-0.15, -0.1) is 0 Å². The van der Waals surface area contributed by atoms with Crippen molar-refractivity contribution in [2.24, 2.45) is 76.9 Å². The second-order valence-electron chi connectivity index (χ2n) is 21.2. The van der Waals surface area contributed by atoms with E-state index in [2.05, 4.69) is 116 Å². The fourth-order valence-electron chi connectivity index (χ4n) is 10.0. The largest absolute Gasteiger partial charge is 0.176 e. The van der Waals surface area contributed by atoms with E-state index in [0.29, 0.717) is 5.25 Å². The van der Waals surface area contributed by atoms with Crippen LogP contribution < -0.4 is 0 Å². The predicted molar refractivity (Wildman–Crippen MR) is 318 cm³/mol. The monoisotopic (exact) mass is 943 g/mol. The molecule has 3 rings (SSSR count). The predicted octanol–water partition coefficient (Wildman–Crippen LogP) is 24.7. The maximum absolute atomic E-state index is 4.40. The van der Waals surface area contributed by atoms with Gasteiger partial charge in [0.05, 0.1) is 0 Å². The molecule has 3 aliphatic carbocycles. The Bertz CT molecular complexity index is 784. The summed E-state index contributed by atoms with van der Waals surface area (Å²) in [5.41, 5.74) is 0. The average molecular weight is 944 g/mol. The maximum atomic E-state index is 4.40. The minimum atomic E-state index is 0.611. The zero-order chi connectivity index (χ0) is 52.3. The quantitative estimate of drug-likeness (QED) is 0.130. The molecule has 0 aromatic rings. The van der Waals surface area contributed by atoms with Crippen molar-refractivity contribution >= 4 is 12.6 Å². The average Bonchev–Trinajstić information content (AvgIpc) is 3.31. The summed E-state index contributed by atoms with van der Waals surface area (Å²) < 4.78 is 0. The molecule has 65 heavy (non-hydrogen) atoms. The third-order valence-corrected chi connectivity index (χ3v) is 15.3. The Morgan fingerprint density at radius 2 is 0.800 bits per heavy atom. The van der Waals surface area contributed by atoms with Crippen LogP contribution in [0.3, 0.4) is 0 Å². The third-order valence-electron chi connectivity index (χ3n) is 14.4. The van der Waals surface area contributed by atoms with Crippen LogP contribution in [0.5, 0.6) is 0 Å². The maximum Gasteiger partial charge on any atom is 0.00397 e. The Labute approximate surface area is 427 Å². The van der Waals surface area contributed by atoms with Crippen LogP contribution in [0.25, 0.3) is 0 Å². The second-order valence-corrected chi connectivity index (χ2v) is 21.9. The molecule has 0 aromatic carbocycles. The first-order valence-corrected chi connectivity index (χ1v) is 31.2. The highest BCUT2D eigenvalue weighted by molar-refractivity contribution is 7.81. The molecule has 0 radical (unpaired) electrons. The van der Waals surface area contributed by atoms with Crippen molar-refractivity contribution in [3.05, 3.63) is 0 Å². The molecule has 11 unspecified atom stereocenters. The van der Waals surface area contributed by atoms with Crippen LogP contribution in [0.1, 0.15) is 335 Å². The first-order chi connectivity index (χ1) is 31.0. The molecule has 0 aromatic heterocycles. The van der Waals surface area contributed by atoms with Gasteiger partial charge in [0.25, 0.3) is 0 Å². The van der Waals surface area contributed by atoms with Gasteiger partial charge >= 0.3 is 0 Å². The van der Waals surface area contributed by atoms with Crippen LogP contribution in [0.2, 0.25) is 0 Å². The molecule has 3 saturated carbocycles. The Morgan fingerprint density at radius 1 is 0.400 bits per heavy atom. The highest BCUT2D eigenvalue weighted by Crippen LogP contribution is 2.39. The van der Waals surface area contributed by atoms with Crippen LogP contribution in [-0.4, -0.2) is 5.25 Å². The number of rotatable bonds is 18. The van der Waals surface area contributed by atoms with Gasteiger partial charge in [-0.2, -0.15) is 12.6 Å². The fraction of sp³-hybridized carbons (Fsp3) is 1.00. The van der Waals surface area contributed by atoms with Crippen molar-refractivity contribution < 1.29 is 0 Å². The summed E-state index contributed by atoms with van der Waals surface area (Å²) in [7, 11) is 0. The van der Waals surface area contributed by atoms with Gasteiger partial charge in [-0.3, -0.25) is 0 Å². The van der Waals surface area contributed by atoms with E-state index >= 15 is 0 Å². The Balaban J connectivity index is -0.000000131. The van der Waals surface area contributed by atoms with Gasteiger partial charge in [-0.05, 0) is 109 Å². The third kappa shape index (κ3) is 52.0. The van der Waals surface area contributed by atoms with E-state index in [1.54, 1.807) is 0 Å². The van der Waals surface area contributed by atoms with Crippen LogP contribution in [0.15, 0.2) is 0 Å². The highest BCUT2D eigenvalue weighted by atomic mass is 32.1. The molecule has 0 nitrogen and oxygen atoms in total. The van der Waals surface area contributed by atoms with Gasteiger partial charge in [0, 0.05) is 5.25 Å². The summed E-state index contributed by atoms with van der Waals surface area (Å²) in [6, 6.07) is 0. The molecule has 0 amide bonds. The summed E-state index contributed by atoms with van der Waals surface area (Å²) in [5, 5.41) is 0.611. The van der Waals surface area contributed by atoms with Crippen LogP contribution >= 0.6 is 12.6 Å².